The molecule has 2 unspecified atom stereocenters. The largest absolute Gasteiger partial charge is 0.395 e. The van der Waals surface area contributed by atoms with E-state index in [1.807, 2.05) is 48.5 Å². The topological polar surface area (TPSA) is 57.6 Å². The average molecular weight is 416 g/mol. The quantitative estimate of drug-likeness (QED) is 0.646. The average Bonchev–Trinajstić information content (AvgIpc) is 3.05. The Bertz CT molecular complexity index is 1170. The van der Waals surface area contributed by atoms with Crippen LogP contribution in [0.4, 0.5) is 5.69 Å². The van der Waals surface area contributed by atoms with Crippen molar-refractivity contribution in [2.24, 2.45) is 11.8 Å². The molecule has 2 bridgehead atoms. The number of anilines is 1. The van der Waals surface area contributed by atoms with Crippen LogP contribution in [0.1, 0.15) is 28.2 Å². The number of imide groups is 1. The van der Waals surface area contributed by atoms with Crippen molar-refractivity contribution < 1.29 is 14.7 Å². The van der Waals surface area contributed by atoms with Crippen molar-refractivity contribution in [3.8, 4) is 0 Å². The summed E-state index contributed by atoms with van der Waals surface area (Å²) < 4.78 is 0. The molecule has 7 rings (SSSR count). The molecule has 4 aliphatic rings. The van der Waals surface area contributed by atoms with E-state index < -0.39 is 17.3 Å². The predicted molar refractivity (Wildman–Crippen MR) is 114 cm³/mol. The first-order chi connectivity index (χ1) is 14.6. The summed E-state index contributed by atoms with van der Waals surface area (Å²) in [7, 11) is 0. The number of halogens is 1. The molecule has 3 aromatic rings. The molecular formula is C25H18ClNO3. The lowest BCUT2D eigenvalue weighted by Gasteiger charge is -2.53. The van der Waals surface area contributed by atoms with E-state index in [-0.39, 0.29) is 24.3 Å². The minimum Gasteiger partial charge on any atom is -0.395 e. The maximum Gasteiger partial charge on any atom is 0.239 e. The van der Waals surface area contributed by atoms with Crippen LogP contribution in [0.2, 0.25) is 5.02 Å². The number of aliphatic hydroxyl groups excluding tert-OH is 1. The standard InChI is InChI=1S/C25H18ClNO3/c26-14-9-11-15(12-10-14)27-23(29)21-20-16-5-1-3-7-18(16)25(13-28,22(21)24(27)30)19-8-4-2-6-17(19)20/h1-12,20-22,28H,13H2. The summed E-state index contributed by atoms with van der Waals surface area (Å²) in [4.78, 5) is 28.8. The van der Waals surface area contributed by atoms with Crippen molar-refractivity contribution in [2.45, 2.75) is 11.3 Å². The molecule has 1 fully saturated rings. The van der Waals surface area contributed by atoms with Gasteiger partial charge in [-0.25, -0.2) is 4.90 Å². The second kappa shape index (κ2) is 6.03. The lowest BCUT2D eigenvalue weighted by molar-refractivity contribution is -0.124. The molecule has 148 valence electrons. The van der Waals surface area contributed by atoms with Gasteiger partial charge in [-0.05, 0) is 46.5 Å². The van der Waals surface area contributed by atoms with Gasteiger partial charge in [0.1, 0.15) is 0 Å². The molecule has 3 aromatic carbocycles. The first-order valence-electron chi connectivity index (χ1n) is 10.0. The summed E-state index contributed by atoms with van der Waals surface area (Å²) >= 11 is 6.01. The van der Waals surface area contributed by atoms with E-state index in [1.54, 1.807) is 24.3 Å². The molecule has 0 saturated carbocycles. The molecule has 30 heavy (non-hydrogen) atoms. The minimum absolute atomic E-state index is 0.204. The van der Waals surface area contributed by atoms with Gasteiger partial charge in [-0.15, -0.1) is 0 Å². The van der Waals surface area contributed by atoms with E-state index in [1.165, 1.54) is 4.90 Å². The Morgan fingerprint density at radius 1 is 0.833 bits per heavy atom. The first-order valence-corrected chi connectivity index (χ1v) is 10.4. The summed E-state index contributed by atoms with van der Waals surface area (Å²) in [5, 5.41) is 11.3. The van der Waals surface area contributed by atoms with E-state index in [2.05, 4.69) is 0 Å². The molecule has 1 N–H and O–H groups in total. The van der Waals surface area contributed by atoms with Crippen LogP contribution in [0.5, 0.6) is 0 Å². The molecule has 2 amide bonds. The molecule has 3 aliphatic carbocycles. The SMILES string of the molecule is O=C1C2C3c4ccccc4C(CO)(c4ccccc43)C2C(=O)N1c1ccc(Cl)cc1. The Morgan fingerprint density at radius 2 is 1.40 bits per heavy atom. The Balaban J connectivity index is 1.63. The highest BCUT2D eigenvalue weighted by Crippen LogP contribution is 2.64. The lowest BCUT2D eigenvalue weighted by atomic mass is 9.47. The highest BCUT2D eigenvalue weighted by atomic mass is 35.5. The van der Waals surface area contributed by atoms with Crippen molar-refractivity contribution in [3.63, 3.8) is 0 Å². The van der Waals surface area contributed by atoms with E-state index in [4.69, 9.17) is 11.6 Å². The summed E-state index contributed by atoms with van der Waals surface area (Å²) in [6.07, 6.45) is 0. The van der Waals surface area contributed by atoms with Crippen LogP contribution in [0.25, 0.3) is 0 Å². The third-order valence-electron chi connectivity index (χ3n) is 7.13. The molecule has 5 heteroatoms. The van der Waals surface area contributed by atoms with Gasteiger partial charge >= 0.3 is 0 Å². The van der Waals surface area contributed by atoms with Gasteiger partial charge in [0.2, 0.25) is 11.8 Å². The highest BCUT2D eigenvalue weighted by Gasteiger charge is 2.68. The molecule has 0 aromatic heterocycles. The number of benzene rings is 3. The third-order valence-corrected chi connectivity index (χ3v) is 7.38. The van der Waals surface area contributed by atoms with Crippen molar-refractivity contribution in [1.82, 2.24) is 0 Å². The van der Waals surface area contributed by atoms with Crippen LogP contribution in [-0.2, 0) is 15.0 Å². The van der Waals surface area contributed by atoms with Crippen LogP contribution in [0.3, 0.4) is 0 Å². The maximum atomic E-state index is 13.8. The lowest BCUT2D eigenvalue weighted by Crippen LogP contribution is -2.55. The van der Waals surface area contributed by atoms with E-state index in [0.29, 0.717) is 10.7 Å². The number of rotatable bonds is 2. The third kappa shape index (κ3) is 1.96. The second-order valence-electron chi connectivity index (χ2n) is 8.27. The number of hydrogen-bond donors (Lipinski definition) is 1. The Kier molecular flexibility index (Phi) is 3.59. The van der Waals surface area contributed by atoms with Crippen LogP contribution in [0, 0.1) is 11.8 Å². The van der Waals surface area contributed by atoms with Crippen LogP contribution >= 0.6 is 11.6 Å². The van der Waals surface area contributed by atoms with Crippen molar-refractivity contribution in [2.75, 3.05) is 11.5 Å². The molecule has 1 saturated heterocycles. The first kappa shape index (κ1) is 17.9. The molecular weight excluding hydrogens is 398 g/mol. The molecule has 0 spiro atoms. The van der Waals surface area contributed by atoms with E-state index in [0.717, 1.165) is 22.3 Å². The van der Waals surface area contributed by atoms with Gasteiger partial charge in [-0.3, -0.25) is 9.59 Å². The number of nitrogens with zero attached hydrogens (tertiary/aromatic N) is 1. The van der Waals surface area contributed by atoms with Gasteiger partial charge in [0.15, 0.2) is 0 Å². The summed E-state index contributed by atoms with van der Waals surface area (Å²) in [5.74, 6) is -1.84. The molecule has 2 atom stereocenters. The zero-order valence-electron chi connectivity index (χ0n) is 16.0. The predicted octanol–water partition coefficient (Wildman–Crippen LogP) is 3.88. The fourth-order valence-corrected chi connectivity index (χ4v) is 6.17. The monoisotopic (exact) mass is 415 g/mol. The number of amides is 2. The normalized spacial score (nSPS) is 28.3. The molecule has 1 aliphatic heterocycles. The Morgan fingerprint density at radius 3 is 1.97 bits per heavy atom. The number of carbonyl (C=O) groups excluding carboxylic acids is 2. The summed E-state index contributed by atoms with van der Waals surface area (Å²) in [5.41, 5.74) is 3.56. The zero-order valence-corrected chi connectivity index (χ0v) is 16.7. The van der Waals surface area contributed by atoms with Crippen molar-refractivity contribution >= 4 is 29.1 Å². The number of hydrogen-bond acceptors (Lipinski definition) is 3. The summed E-state index contributed by atoms with van der Waals surface area (Å²) in [6, 6.07) is 22.6. The zero-order chi connectivity index (χ0) is 20.6. The van der Waals surface area contributed by atoms with Crippen molar-refractivity contribution in [1.29, 1.82) is 0 Å². The van der Waals surface area contributed by atoms with Crippen LogP contribution < -0.4 is 4.90 Å². The maximum absolute atomic E-state index is 13.8. The van der Waals surface area contributed by atoms with Crippen LogP contribution in [0.15, 0.2) is 72.8 Å². The van der Waals surface area contributed by atoms with Gasteiger partial charge < -0.3 is 5.11 Å². The van der Waals surface area contributed by atoms with Gasteiger partial charge in [-0.2, -0.15) is 0 Å². The highest BCUT2D eigenvalue weighted by molar-refractivity contribution is 6.31. The smallest absolute Gasteiger partial charge is 0.239 e. The Hall–Kier alpha value is -2.95. The van der Waals surface area contributed by atoms with Crippen molar-refractivity contribution in [3.05, 3.63) is 100 Å². The Labute approximate surface area is 178 Å². The number of aliphatic hydroxyl groups is 1. The van der Waals surface area contributed by atoms with Gasteiger partial charge in [0, 0.05) is 10.9 Å². The molecule has 4 nitrogen and oxygen atoms in total. The number of carbonyl (C=O) groups is 2. The fraction of sp³-hybridized carbons (Fsp3) is 0.200. The fourth-order valence-electron chi connectivity index (χ4n) is 6.04. The minimum atomic E-state index is -0.930. The van der Waals surface area contributed by atoms with Gasteiger partial charge in [0.05, 0.1) is 29.5 Å². The summed E-state index contributed by atoms with van der Waals surface area (Å²) in [6.45, 7) is -0.234. The molecule has 0 radical (unpaired) electrons. The second-order valence-corrected chi connectivity index (χ2v) is 8.71. The van der Waals surface area contributed by atoms with Crippen LogP contribution in [-0.4, -0.2) is 23.5 Å². The molecule has 1 heterocycles. The van der Waals surface area contributed by atoms with Gasteiger partial charge in [-0.1, -0.05) is 60.1 Å². The van der Waals surface area contributed by atoms with Gasteiger partial charge in [0.25, 0.3) is 0 Å². The van der Waals surface area contributed by atoms with E-state index in [9.17, 15) is 14.7 Å². The van der Waals surface area contributed by atoms with E-state index >= 15 is 0 Å².